The predicted octanol–water partition coefficient (Wildman–Crippen LogP) is 4.38. The molecule has 0 saturated heterocycles. The maximum absolute atomic E-state index is 12.2. The number of imidazole rings is 1. The van der Waals surface area contributed by atoms with Crippen molar-refractivity contribution in [2.75, 3.05) is 5.75 Å². The third-order valence-corrected chi connectivity index (χ3v) is 5.52. The van der Waals surface area contributed by atoms with Crippen molar-refractivity contribution in [3.05, 3.63) is 89.2 Å². The number of amides is 1. The van der Waals surface area contributed by atoms with Crippen LogP contribution in [-0.4, -0.2) is 32.4 Å². The fourth-order valence-electron chi connectivity index (χ4n) is 2.88. The summed E-state index contributed by atoms with van der Waals surface area (Å²) >= 11 is 7.38. The first-order chi connectivity index (χ1) is 14.7. The molecular weight excluding hydrogens is 418 g/mol. The van der Waals surface area contributed by atoms with Gasteiger partial charge in [0.25, 0.3) is 5.91 Å². The molecule has 0 aliphatic carbocycles. The fraction of sp³-hybridized carbons (Fsp3) is 0.0909. The molecule has 0 unspecified atom stereocenters. The van der Waals surface area contributed by atoms with Gasteiger partial charge < -0.3 is 4.57 Å². The molecule has 0 aliphatic heterocycles. The van der Waals surface area contributed by atoms with Gasteiger partial charge in [0.05, 0.1) is 29.5 Å². The summed E-state index contributed by atoms with van der Waals surface area (Å²) in [6.45, 7) is 0.640. The second kappa shape index (κ2) is 9.56. The number of hydrazone groups is 1. The number of aromatic nitrogens is 3. The van der Waals surface area contributed by atoms with E-state index in [1.54, 1.807) is 18.6 Å². The van der Waals surface area contributed by atoms with Gasteiger partial charge in [-0.25, -0.2) is 10.4 Å². The molecule has 4 aromatic rings. The summed E-state index contributed by atoms with van der Waals surface area (Å²) in [5, 5.41) is 5.45. The topological polar surface area (TPSA) is 72.2 Å². The highest BCUT2D eigenvalue weighted by Gasteiger charge is 2.13. The zero-order valence-corrected chi connectivity index (χ0v) is 17.5. The average molecular weight is 436 g/mol. The Kier molecular flexibility index (Phi) is 6.41. The van der Waals surface area contributed by atoms with Gasteiger partial charge in [0.2, 0.25) is 0 Å². The minimum absolute atomic E-state index is 0.203. The third kappa shape index (κ3) is 5.06. The number of fused-ring (bicyclic) bond motifs is 1. The first-order valence-electron chi connectivity index (χ1n) is 9.23. The maximum atomic E-state index is 12.2. The summed E-state index contributed by atoms with van der Waals surface area (Å²) in [7, 11) is 0. The molecule has 0 radical (unpaired) electrons. The van der Waals surface area contributed by atoms with Crippen LogP contribution in [0.3, 0.4) is 0 Å². The predicted molar refractivity (Wildman–Crippen MR) is 121 cm³/mol. The zero-order valence-electron chi connectivity index (χ0n) is 15.9. The van der Waals surface area contributed by atoms with E-state index in [9.17, 15) is 4.79 Å². The number of benzene rings is 2. The minimum Gasteiger partial charge on any atom is -0.314 e. The van der Waals surface area contributed by atoms with Crippen molar-refractivity contribution in [2.24, 2.45) is 5.10 Å². The summed E-state index contributed by atoms with van der Waals surface area (Å²) in [4.78, 5) is 20.9. The molecule has 30 heavy (non-hydrogen) atoms. The molecular formula is C22H18ClN5OS. The van der Waals surface area contributed by atoms with Gasteiger partial charge in [-0.2, -0.15) is 5.10 Å². The van der Waals surface area contributed by atoms with Crippen LogP contribution in [0.1, 0.15) is 11.1 Å². The number of nitrogens with zero attached hydrogens (tertiary/aromatic N) is 4. The number of hydrogen-bond acceptors (Lipinski definition) is 5. The minimum atomic E-state index is -0.203. The number of nitrogens with one attached hydrogen (secondary N) is 1. The quantitative estimate of drug-likeness (QED) is 0.266. The number of pyridine rings is 1. The van der Waals surface area contributed by atoms with E-state index in [4.69, 9.17) is 16.6 Å². The smallest absolute Gasteiger partial charge is 0.250 e. The van der Waals surface area contributed by atoms with E-state index in [2.05, 4.69) is 20.1 Å². The summed E-state index contributed by atoms with van der Waals surface area (Å²) < 4.78 is 2.11. The van der Waals surface area contributed by atoms with Gasteiger partial charge in [-0.05, 0) is 35.9 Å². The van der Waals surface area contributed by atoms with Crippen LogP contribution in [0.2, 0.25) is 5.02 Å². The average Bonchev–Trinajstić information content (AvgIpc) is 3.12. The molecule has 1 N–H and O–H groups in total. The largest absolute Gasteiger partial charge is 0.314 e. The van der Waals surface area contributed by atoms with Gasteiger partial charge in [0.15, 0.2) is 5.16 Å². The number of halogens is 1. The summed E-state index contributed by atoms with van der Waals surface area (Å²) in [5.41, 5.74) is 6.37. The molecule has 2 heterocycles. The molecule has 150 valence electrons. The monoisotopic (exact) mass is 435 g/mol. The van der Waals surface area contributed by atoms with Crippen LogP contribution in [-0.2, 0) is 11.3 Å². The Labute approximate surface area is 183 Å². The lowest BCUT2D eigenvalue weighted by molar-refractivity contribution is -0.118. The van der Waals surface area contributed by atoms with Crippen LogP contribution in [0.4, 0.5) is 0 Å². The Balaban J connectivity index is 1.46. The van der Waals surface area contributed by atoms with Crippen LogP contribution in [0.25, 0.3) is 11.0 Å². The Hall–Kier alpha value is -3.16. The first-order valence-corrected chi connectivity index (χ1v) is 10.6. The van der Waals surface area contributed by atoms with E-state index in [0.29, 0.717) is 11.6 Å². The highest BCUT2D eigenvalue weighted by molar-refractivity contribution is 7.99. The molecule has 0 fully saturated rings. The second-order valence-electron chi connectivity index (χ2n) is 6.46. The number of hydrogen-bond donors (Lipinski definition) is 1. The lowest BCUT2D eigenvalue weighted by atomic mass is 10.2. The Bertz CT molecular complexity index is 1180. The van der Waals surface area contributed by atoms with Gasteiger partial charge >= 0.3 is 0 Å². The number of carbonyl (C=O) groups is 1. The van der Waals surface area contributed by atoms with Crippen LogP contribution < -0.4 is 5.43 Å². The zero-order chi connectivity index (χ0) is 20.8. The maximum Gasteiger partial charge on any atom is 0.250 e. The van der Waals surface area contributed by atoms with Crippen LogP contribution in [0.15, 0.2) is 83.3 Å². The standard InChI is InChI=1S/C22H18ClN5OS/c23-18-9-7-16(8-10-18)14-28-20-6-2-1-5-19(20)26-22(28)30-15-21(29)27-25-13-17-4-3-11-24-12-17/h1-13H,14-15H2,(H,27,29). The number of thioether (sulfide) groups is 1. The first kappa shape index (κ1) is 20.1. The third-order valence-electron chi connectivity index (χ3n) is 4.29. The highest BCUT2D eigenvalue weighted by atomic mass is 35.5. The molecule has 1 amide bonds. The van der Waals surface area contributed by atoms with E-state index in [0.717, 1.165) is 27.3 Å². The molecule has 6 nitrogen and oxygen atoms in total. The molecule has 0 atom stereocenters. The summed E-state index contributed by atoms with van der Waals surface area (Å²) in [6, 6.07) is 19.3. The fourth-order valence-corrected chi connectivity index (χ4v) is 3.81. The molecule has 4 rings (SSSR count). The van der Waals surface area contributed by atoms with Gasteiger partial charge in [-0.1, -0.05) is 53.7 Å². The second-order valence-corrected chi connectivity index (χ2v) is 7.84. The molecule has 2 aromatic heterocycles. The molecule has 0 saturated carbocycles. The van der Waals surface area contributed by atoms with E-state index in [1.807, 2.05) is 60.7 Å². The van der Waals surface area contributed by atoms with Crippen molar-refractivity contribution < 1.29 is 4.79 Å². The molecule has 8 heteroatoms. The van der Waals surface area contributed by atoms with E-state index in [1.165, 1.54) is 11.8 Å². The summed E-state index contributed by atoms with van der Waals surface area (Å²) in [6.07, 6.45) is 4.91. The number of carbonyl (C=O) groups excluding carboxylic acids is 1. The molecule has 0 spiro atoms. The summed E-state index contributed by atoms with van der Waals surface area (Å²) in [5.74, 6) is -0.000784. The Morgan fingerprint density at radius 3 is 2.77 bits per heavy atom. The highest BCUT2D eigenvalue weighted by Crippen LogP contribution is 2.25. The van der Waals surface area contributed by atoms with Crippen molar-refractivity contribution in [2.45, 2.75) is 11.7 Å². The van der Waals surface area contributed by atoms with Crippen LogP contribution in [0.5, 0.6) is 0 Å². The Morgan fingerprint density at radius 2 is 1.97 bits per heavy atom. The van der Waals surface area contributed by atoms with Crippen LogP contribution in [0, 0.1) is 0 Å². The van der Waals surface area contributed by atoms with Crippen molar-refractivity contribution in [3.8, 4) is 0 Å². The Morgan fingerprint density at radius 1 is 1.13 bits per heavy atom. The normalized spacial score (nSPS) is 11.2. The van der Waals surface area contributed by atoms with Crippen molar-refractivity contribution in [3.63, 3.8) is 0 Å². The molecule has 2 aromatic carbocycles. The van der Waals surface area contributed by atoms with Gasteiger partial charge in [0, 0.05) is 23.0 Å². The van der Waals surface area contributed by atoms with E-state index >= 15 is 0 Å². The van der Waals surface area contributed by atoms with E-state index in [-0.39, 0.29) is 11.7 Å². The SMILES string of the molecule is O=C(CSc1nc2ccccc2n1Cc1ccc(Cl)cc1)NN=Cc1cccnc1. The van der Waals surface area contributed by atoms with Crippen LogP contribution >= 0.6 is 23.4 Å². The lowest BCUT2D eigenvalue weighted by Gasteiger charge is -2.09. The van der Waals surface area contributed by atoms with Crippen molar-refractivity contribution in [1.29, 1.82) is 0 Å². The van der Waals surface area contributed by atoms with Crippen molar-refractivity contribution >= 4 is 46.5 Å². The van der Waals surface area contributed by atoms with Gasteiger partial charge in [0.1, 0.15) is 0 Å². The number of rotatable bonds is 7. The number of para-hydroxylation sites is 2. The van der Waals surface area contributed by atoms with Crippen molar-refractivity contribution in [1.82, 2.24) is 20.0 Å². The lowest BCUT2D eigenvalue weighted by Crippen LogP contribution is -2.20. The van der Waals surface area contributed by atoms with E-state index < -0.39 is 0 Å². The molecule has 0 aliphatic rings. The van der Waals surface area contributed by atoms with Gasteiger partial charge in [-0.15, -0.1) is 0 Å². The molecule has 0 bridgehead atoms. The van der Waals surface area contributed by atoms with Gasteiger partial charge in [-0.3, -0.25) is 9.78 Å².